The highest BCUT2D eigenvalue weighted by Gasteiger charge is 2.38. The molecule has 0 spiro atoms. The molecule has 0 saturated heterocycles. The molecule has 0 bridgehead atoms. The van der Waals surface area contributed by atoms with E-state index in [0.717, 1.165) is 0 Å². The molecule has 0 amide bonds. The van der Waals surface area contributed by atoms with E-state index >= 15 is 0 Å². The summed E-state index contributed by atoms with van der Waals surface area (Å²) in [4.78, 5) is 0. The molecule has 0 aliphatic heterocycles. The van der Waals surface area contributed by atoms with Crippen LogP contribution in [0.2, 0.25) is 0 Å². The minimum atomic E-state index is 0. The van der Waals surface area contributed by atoms with Gasteiger partial charge in [0.25, 0.3) is 0 Å². The van der Waals surface area contributed by atoms with Crippen LogP contribution in [0.25, 0.3) is 0 Å². The molecule has 1 aliphatic carbocycles. The Labute approximate surface area is 84.1 Å². The van der Waals surface area contributed by atoms with Crippen molar-refractivity contribution in [2.75, 3.05) is 0 Å². The van der Waals surface area contributed by atoms with Gasteiger partial charge in [-0.1, -0.05) is 41.5 Å². The Balaban J connectivity index is 0.00000144. The third-order valence-electron chi connectivity index (χ3n) is 3.33. The van der Waals surface area contributed by atoms with Crippen LogP contribution in [0.5, 0.6) is 0 Å². The predicted octanol–water partition coefficient (Wildman–Crippen LogP) is 3.58. The lowest BCUT2D eigenvalue weighted by atomic mass is 9.62. The van der Waals surface area contributed by atoms with Crippen LogP contribution in [0.15, 0.2) is 0 Å². The van der Waals surface area contributed by atoms with Gasteiger partial charge < -0.3 is 5.73 Å². The lowest BCUT2D eigenvalue weighted by molar-refractivity contribution is 0.0802. The van der Waals surface area contributed by atoms with Gasteiger partial charge in [-0.05, 0) is 30.1 Å². The van der Waals surface area contributed by atoms with Crippen molar-refractivity contribution < 1.29 is 0 Å². The lowest BCUT2D eigenvalue weighted by Crippen LogP contribution is -2.41. The monoisotopic (exact) mass is 185 g/mol. The van der Waals surface area contributed by atoms with Crippen molar-refractivity contribution in [2.45, 2.75) is 66.8 Å². The first kappa shape index (κ1) is 13.0. The largest absolute Gasteiger partial charge is 0.328 e. The van der Waals surface area contributed by atoms with Crippen molar-refractivity contribution in [2.24, 2.45) is 16.6 Å². The van der Waals surface area contributed by atoms with E-state index < -0.39 is 0 Å². The second kappa shape index (κ2) is 4.00. The van der Waals surface area contributed by atoms with Gasteiger partial charge in [0.1, 0.15) is 0 Å². The standard InChI is InChI=1S/C11H23N.CH4/c1-5-11(4)7-9(12)6-10(2,3)8-11;/h9H,5-8,12H2,1-4H3;1H4. The minimum Gasteiger partial charge on any atom is -0.328 e. The third kappa shape index (κ3) is 3.30. The molecule has 0 heterocycles. The average Bonchev–Trinajstić information content (AvgIpc) is 1.82. The van der Waals surface area contributed by atoms with Gasteiger partial charge in [0.15, 0.2) is 0 Å². The highest BCUT2D eigenvalue weighted by molar-refractivity contribution is 4.92. The van der Waals surface area contributed by atoms with Crippen molar-refractivity contribution in [3.05, 3.63) is 0 Å². The van der Waals surface area contributed by atoms with E-state index in [2.05, 4.69) is 27.7 Å². The highest BCUT2D eigenvalue weighted by atomic mass is 14.7. The predicted molar refractivity (Wildman–Crippen MR) is 60.7 cm³/mol. The smallest absolute Gasteiger partial charge is 0.00491 e. The molecule has 1 saturated carbocycles. The first-order valence-electron chi connectivity index (χ1n) is 5.12. The van der Waals surface area contributed by atoms with Crippen LogP contribution in [-0.4, -0.2) is 6.04 Å². The molecule has 80 valence electrons. The molecular weight excluding hydrogens is 158 g/mol. The maximum absolute atomic E-state index is 6.06. The topological polar surface area (TPSA) is 26.0 Å². The molecule has 0 radical (unpaired) electrons. The lowest BCUT2D eigenvalue weighted by Gasteiger charge is -2.45. The molecule has 0 aromatic rings. The molecule has 2 N–H and O–H groups in total. The van der Waals surface area contributed by atoms with E-state index in [-0.39, 0.29) is 7.43 Å². The summed E-state index contributed by atoms with van der Waals surface area (Å²) in [5, 5.41) is 0. The molecule has 2 unspecified atom stereocenters. The van der Waals surface area contributed by atoms with Crippen LogP contribution >= 0.6 is 0 Å². The van der Waals surface area contributed by atoms with Crippen LogP contribution in [-0.2, 0) is 0 Å². The summed E-state index contributed by atoms with van der Waals surface area (Å²) in [6.45, 7) is 9.36. The van der Waals surface area contributed by atoms with Crippen LogP contribution in [0.4, 0.5) is 0 Å². The summed E-state index contributed by atoms with van der Waals surface area (Å²) in [6, 6.07) is 0.429. The van der Waals surface area contributed by atoms with E-state index in [1.165, 1.54) is 25.7 Å². The van der Waals surface area contributed by atoms with Gasteiger partial charge in [-0.3, -0.25) is 0 Å². The molecule has 1 fully saturated rings. The second-order valence-corrected chi connectivity index (χ2v) is 5.67. The Morgan fingerprint density at radius 3 is 2.15 bits per heavy atom. The molecular formula is C12H27N. The molecule has 13 heavy (non-hydrogen) atoms. The molecule has 1 rings (SSSR count). The maximum atomic E-state index is 6.06. The summed E-state index contributed by atoms with van der Waals surface area (Å²) in [7, 11) is 0. The van der Waals surface area contributed by atoms with Crippen molar-refractivity contribution in [3.8, 4) is 0 Å². The summed E-state index contributed by atoms with van der Waals surface area (Å²) in [5.74, 6) is 0. The summed E-state index contributed by atoms with van der Waals surface area (Å²) >= 11 is 0. The Bertz CT molecular complexity index is 163. The summed E-state index contributed by atoms with van der Waals surface area (Å²) in [5.41, 5.74) is 7.02. The zero-order chi connectivity index (χ0) is 9.41. The molecule has 0 aromatic carbocycles. The van der Waals surface area contributed by atoms with E-state index in [9.17, 15) is 0 Å². The zero-order valence-electron chi connectivity index (χ0n) is 8.98. The second-order valence-electron chi connectivity index (χ2n) is 5.67. The van der Waals surface area contributed by atoms with E-state index in [0.29, 0.717) is 16.9 Å². The summed E-state index contributed by atoms with van der Waals surface area (Å²) < 4.78 is 0. The first-order chi connectivity index (χ1) is 5.37. The van der Waals surface area contributed by atoms with Gasteiger partial charge in [0.2, 0.25) is 0 Å². The van der Waals surface area contributed by atoms with Gasteiger partial charge in [0.05, 0.1) is 0 Å². The normalized spacial score (nSPS) is 38.1. The fourth-order valence-corrected chi connectivity index (χ4v) is 2.98. The SMILES string of the molecule is C.CCC1(C)CC(N)CC(C)(C)C1. The van der Waals surface area contributed by atoms with Gasteiger partial charge in [0, 0.05) is 6.04 Å². The molecule has 2 atom stereocenters. The molecule has 1 heteroatoms. The maximum Gasteiger partial charge on any atom is 0.00491 e. The highest BCUT2D eigenvalue weighted by Crippen LogP contribution is 2.47. The average molecular weight is 185 g/mol. The number of nitrogens with two attached hydrogens (primary N) is 1. The van der Waals surface area contributed by atoms with Crippen LogP contribution < -0.4 is 5.73 Å². The Hall–Kier alpha value is -0.0400. The van der Waals surface area contributed by atoms with Crippen LogP contribution in [0, 0.1) is 10.8 Å². The van der Waals surface area contributed by atoms with Crippen LogP contribution in [0.1, 0.15) is 60.8 Å². The minimum absolute atomic E-state index is 0. The van der Waals surface area contributed by atoms with Crippen LogP contribution in [0.3, 0.4) is 0 Å². The number of hydrogen-bond donors (Lipinski definition) is 1. The quantitative estimate of drug-likeness (QED) is 0.664. The fourth-order valence-electron chi connectivity index (χ4n) is 2.98. The zero-order valence-corrected chi connectivity index (χ0v) is 8.98. The van der Waals surface area contributed by atoms with Crippen molar-refractivity contribution in [1.82, 2.24) is 0 Å². The van der Waals surface area contributed by atoms with Gasteiger partial charge in [-0.2, -0.15) is 0 Å². The number of rotatable bonds is 1. The third-order valence-corrected chi connectivity index (χ3v) is 3.33. The van der Waals surface area contributed by atoms with E-state index in [1.807, 2.05) is 0 Å². The van der Waals surface area contributed by atoms with Crippen molar-refractivity contribution >= 4 is 0 Å². The molecule has 1 aliphatic rings. The van der Waals surface area contributed by atoms with Gasteiger partial charge in [-0.15, -0.1) is 0 Å². The Kier molecular flexibility index (Phi) is 3.98. The summed E-state index contributed by atoms with van der Waals surface area (Å²) in [6.07, 6.45) is 5.02. The van der Waals surface area contributed by atoms with Gasteiger partial charge in [-0.25, -0.2) is 0 Å². The first-order valence-corrected chi connectivity index (χ1v) is 5.12. The molecule has 0 aromatic heterocycles. The van der Waals surface area contributed by atoms with E-state index in [4.69, 9.17) is 5.73 Å². The Morgan fingerprint density at radius 2 is 1.77 bits per heavy atom. The van der Waals surface area contributed by atoms with Crippen molar-refractivity contribution in [1.29, 1.82) is 0 Å². The molecule has 1 nitrogen and oxygen atoms in total. The fraction of sp³-hybridized carbons (Fsp3) is 1.00. The van der Waals surface area contributed by atoms with Crippen molar-refractivity contribution in [3.63, 3.8) is 0 Å². The Morgan fingerprint density at radius 1 is 1.23 bits per heavy atom. The number of hydrogen-bond acceptors (Lipinski definition) is 1. The van der Waals surface area contributed by atoms with Gasteiger partial charge >= 0.3 is 0 Å². The van der Waals surface area contributed by atoms with E-state index in [1.54, 1.807) is 0 Å².